The molecule has 2 amide bonds. The summed E-state index contributed by atoms with van der Waals surface area (Å²) in [5.74, 6) is -2.34. The van der Waals surface area contributed by atoms with Crippen molar-refractivity contribution < 1.29 is 18.4 Å². The number of amides is 2. The first-order valence-corrected chi connectivity index (χ1v) is 8.72. The smallest absolute Gasteiger partial charge is 0.256 e. The number of hydrogen-bond acceptors (Lipinski definition) is 3. The summed E-state index contributed by atoms with van der Waals surface area (Å²) in [6.07, 6.45) is 0. The summed E-state index contributed by atoms with van der Waals surface area (Å²) in [4.78, 5) is 28.1. The lowest BCUT2D eigenvalue weighted by Crippen LogP contribution is -2.52. The van der Waals surface area contributed by atoms with Gasteiger partial charge in [0.05, 0.1) is 5.56 Å². The van der Waals surface area contributed by atoms with Gasteiger partial charge in [0.15, 0.2) is 0 Å². The number of benzene rings is 2. The lowest BCUT2D eigenvalue weighted by Gasteiger charge is -2.36. The Hall–Kier alpha value is -2.80. The van der Waals surface area contributed by atoms with Crippen molar-refractivity contribution in [3.05, 3.63) is 70.8 Å². The Morgan fingerprint density at radius 2 is 1.56 bits per heavy atom. The molecule has 0 spiro atoms. The second-order valence-corrected chi connectivity index (χ2v) is 6.63. The van der Waals surface area contributed by atoms with Crippen molar-refractivity contribution in [2.24, 2.45) is 5.73 Å². The van der Waals surface area contributed by atoms with Gasteiger partial charge in [0.2, 0.25) is 5.91 Å². The molecule has 0 radical (unpaired) electrons. The van der Waals surface area contributed by atoms with Crippen LogP contribution >= 0.6 is 0 Å². The molecule has 0 aliphatic carbocycles. The van der Waals surface area contributed by atoms with E-state index in [-0.39, 0.29) is 24.6 Å². The zero-order chi connectivity index (χ0) is 19.6. The first kappa shape index (κ1) is 19.0. The summed E-state index contributed by atoms with van der Waals surface area (Å²) in [5.41, 5.74) is 7.72. The van der Waals surface area contributed by atoms with Crippen LogP contribution in [0.4, 0.5) is 8.78 Å². The number of halogens is 2. The molecule has 1 aliphatic heterocycles. The summed E-state index contributed by atoms with van der Waals surface area (Å²) in [5, 5.41) is 0. The normalized spacial score (nSPS) is 15.6. The highest BCUT2D eigenvalue weighted by molar-refractivity contribution is 5.94. The van der Waals surface area contributed by atoms with Gasteiger partial charge >= 0.3 is 0 Å². The molecule has 1 atom stereocenters. The van der Waals surface area contributed by atoms with Crippen LogP contribution in [0.2, 0.25) is 0 Å². The Balaban J connectivity index is 1.61. The van der Waals surface area contributed by atoms with Crippen molar-refractivity contribution in [2.45, 2.75) is 13.0 Å². The van der Waals surface area contributed by atoms with Crippen LogP contribution in [0.15, 0.2) is 42.5 Å². The first-order chi connectivity index (χ1) is 12.9. The number of piperazine rings is 1. The van der Waals surface area contributed by atoms with E-state index in [1.54, 1.807) is 4.90 Å². The molecule has 0 aromatic heterocycles. The molecule has 3 rings (SSSR count). The van der Waals surface area contributed by atoms with Gasteiger partial charge in [-0.3, -0.25) is 9.59 Å². The van der Waals surface area contributed by atoms with Crippen LogP contribution in [-0.2, 0) is 4.79 Å². The molecule has 1 fully saturated rings. The van der Waals surface area contributed by atoms with Gasteiger partial charge in [0.1, 0.15) is 17.7 Å². The molecule has 0 bridgehead atoms. The fourth-order valence-corrected chi connectivity index (χ4v) is 3.08. The van der Waals surface area contributed by atoms with E-state index in [1.165, 1.54) is 4.90 Å². The van der Waals surface area contributed by atoms with E-state index in [9.17, 15) is 18.4 Å². The first-order valence-electron chi connectivity index (χ1n) is 8.72. The van der Waals surface area contributed by atoms with Crippen molar-refractivity contribution in [3.63, 3.8) is 0 Å². The van der Waals surface area contributed by atoms with E-state index in [0.717, 1.165) is 23.3 Å². The minimum atomic E-state index is -0.889. The number of aryl methyl sites for hydroxylation is 1. The highest BCUT2D eigenvalue weighted by Crippen LogP contribution is 2.17. The minimum Gasteiger partial charge on any atom is -0.337 e. The molecular weight excluding hydrogens is 352 g/mol. The van der Waals surface area contributed by atoms with Crippen LogP contribution in [0, 0.1) is 18.6 Å². The van der Waals surface area contributed by atoms with Gasteiger partial charge < -0.3 is 15.5 Å². The van der Waals surface area contributed by atoms with Crippen LogP contribution in [0.25, 0.3) is 0 Å². The van der Waals surface area contributed by atoms with E-state index < -0.39 is 23.6 Å². The zero-order valence-corrected chi connectivity index (χ0v) is 15.0. The van der Waals surface area contributed by atoms with E-state index in [1.807, 2.05) is 31.2 Å². The largest absolute Gasteiger partial charge is 0.337 e. The highest BCUT2D eigenvalue weighted by Gasteiger charge is 2.29. The topological polar surface area (TPSA) is 66.6 Å². The third-order valence-corrected chi connectivity index (χ3v) is 4.74. The number of hydrogen-bond donors (Lipinski definition) is 1. The average molecular weight is 373 g/mol. The standard InChI is InChI=1S/C20H21F2N3O2/c1-13-2-4-14(5-3-13)18(23)20(27)25-10-8-24(9-11-25)19(26)16-7-6-15(21)12-17(16)22/h2-7,12,18H,8-11,23H2,1H3. The fraction of sp³-hybridized carbons (Fsp3) is 0.300. The van der Waals surface area contributed by atoms with Gasteiger partial charge in [-0.1, -0.05) is 29.8 Å². The van der Waals surface area contributed by atoms with Crippen LogP contribution in [0.3, 0.4) is 0 Å². The molecule has 1 heterocycles. The Bertz CT molecular complexity index is 847. The van der Waals surface area contributed by atoms with Crippen LogP contribution in [0.1, 0.15) is 27.5 Å². The maximum Gasteiger partial charge on any atom is 0.256 e. The van der Waals surface area contributed by atoms with Gasteiger partial charge in [-0.2, -0.15) is 0 Å². The Morgan fingerprint density at radius 1 is 0.963 bits per heavy atom. The fourth-order valence-electron chi connectivity index (χ4n) is 3.08. The van der Waals surface area contributed by atoms with E-state index in [4.69, 9.17) is 5.73 Å². The molecule has 1 unspecified atom stereocenters. The van der Waals surface area contributed by atoms with Crippen LogP contribution < -0.4 is 5.73 Å². The Morgan fingerprint density at radius 3 is 2.15 bits per heavy atom. The van der Waals surface area contributed by atoms with E-state index >= 15 is 0 Å². The summed E-state index contributed by atoms with van der Waals surface area (Å²) in [6.45, 7) is 3.11. The number of nitrogens with zero attached hydrogens (tertiary/aromatic N) is 2. The van der Waals surface area contributed by atoms with Gasteiger partial charge in [0, 0.05) is 32.2 Å². The molecule has 7 heteroatoms. The molecule has 2 aromatic carbocycles. The third kappa shape index (κ3) is 4.14. The van der Waals surface area contributed by atoms with Crippen molar-refractivity contribution in [1.82, 2.24) is 9.80 Å². The Kier molecular flexibility index (Phi) is 5.51. The third-order valence-electron chi connectivity index (χ3n) is 4.74. The van der Waals surface area contributed by atoms with Crippen LogP contribution in [-0.4, -0.2) is 47.8 Å². The highest BCUT2D eigenvalue weighted by atomic mass is 19.1. The molecule has 27 heavy (non-hydrogen) atoms. The van der Waals surface area contributed by atoms with E-state index in [0.29, 0.717) is 19.2 Å². The zero-order valence-electron chi connectivity index (χ0n) is 15.0. The van der Waals surface area contributed by atoms with Crippen LogP contribution in [0.5, 0.6) is 0 Å². The maximum atomic E-state index is 13.8. The summed E-state index contributed by atoms with van der Waals surface area (Å²) in [6, 6.07) is 9.57. The predicted octanol–water partition coefficient (Wildman–Crippen LogP) is 2.26. The number of carbonyl (C=O) groups is 2. The van der Waals surface area contributed by atoms with Crippen molar-refractivity contribution in [2.75, 3.05) is 26.2 Å². The van der Waals surface area contributed by atoms with Crippen molar-refractivity contribution in [3.8, 4) is 0 Å². The SMILES string of the molecule is Cc1ccc(C(N)C(=O)N2CCN(C(=O)c3ccc(F)cc3F)CC2)cc1. The summed E-state index contributed by atoms with van der Waals surface area (Å²) < 4.78 is 26.8. The van der Waals surface area contributed by atoms with E-state index in [2.05, 4.69) is 0 Å². The van der Waals surface area contributed by atoms with Gasteiger partial charge in [-0.05, 0) is 24.6 Å². The molecule has 5 nitrogen and oxygen atoms in total. The monoisotopic (exact) mass is 373 g/mol. The van der Waals surface area contributed by atoms with Gasteiger partial charge in [-0.25, -0.2) is 8.78 Å². The summed E-state index contributed by atoms with van der Waals surface area (Å²) >= 11 is 0. The molecule has 1 aliphatic rings. The number of rotatable bonds is 3. The minimum absolute atomic E-state index is 0.174. The predicted molar refractivity (Wildman–Crippen MR) is 96.9 cm³/mol. The summed E-state index contributed by atoms with van der Waals surface area (Å²) in [7, 11) is 0. The van der Waals surface area contributed by atoms with Gasteiger partial charge in [0.25, 0.3) is 5.91 Å². The quantitative estimate of drug-likeness (QED) is 0.898. The molecule has 1 saturated heterocycles. The average Bonchev–Trinajstić information content (AvgIpc) is 2.67. The Labute approximate surface area is 156 Å². The maximum absolute atomic E-state index is 13.8. The number of nitrogens with two attached hydrogens (primary N) is 1. The second-order valence-electron chi connectivity index (χ2n) is 6.63. The lowest BCUT2D eigenvalue weighted by molar-refractivity contribution is -0.134. The number of carbonyl (C=O) groups excluding carboxylic acids is 2. The molecular formula is C20H21F2N3O2. The lowest BCUT2D eigenvalue weighted by atomic mass is 10.0. The van der Waals surface area contributed by atoms with Crippen molar-refractivity contribution >= 4 is 11.8 Å². The molecule has 2 aromatic rings. The van der Waals surface area contributed by atoms with Gasteiger partial charge in [-0.15, -0.1) is 0 Å². The van der Waals surface area contributed by atoms with Crippen molar-refractivity contribution in [1.29, 1.82) is 0 Å². The molecule has 0 saturated carbocycles. The molecule has 2 N–H and O–H groups in total. The molecule has 142 valence electrons. The second kappa shape index (κ2) is 7.84.